The molecule has 4 aromatic carbocycles. The summed E-state index contributed by atoms with van der Waals surface area (Å²) in [6.07, 6.45) is 14.0. The quantitative estimate of drug-likeness (QED) is 0.0324. The predicted octanol–water partition coefficient (Wildman–Crippen LogP) is 12.9. The zero-order chi connectivity index (χ0) is 37.1. The van der Waals surface area contributed by atoms with Crippen LogP contribution in [0.2, 0.25) is 0 Å². The summed E-state index contributed by atoms with van der Waals surface area (Å²) in [6, 6.07) is 34.6. The molecule has 0 saturated heterocycles. The van der Waals surface area contributed by atoms with Gasteiger partial charge in [0, 0.05) is 0 Å². The van der Waals surface area contributed by atoms with Crippen molar-refractivity contribution >= 4 is 30.6 Å². The molecule has 0 aliphatic rings. The topological polar surface area (TPSA) is 126 Å². The highest BCUT2D eigenvalue weighted by Crippen LogP contribution is 2.38. The van der Waals surface area contributed by atoms with Gasteiger partial charge in [0.25, 0.3) is 7.82 Å². The number of phosphoric ester groups is 1. The molecule has 0 aromatic heterocycles. The minimum Gasteiger partial charge on any atom is -0.756 e. The summed E-state index contributed by atoms with van der Waals surface area (Å²) in [7, 11) is -4.23. The Morgan fingerprint density at radius 3 is 1.00 bits per heavy atom. The van der Waals surface area contributed by atoms with Crippen LogP contribution in [0.3, 0.4) is 0 Å². The van der Waals surface area contributed by atoms with E-state index in [1.165, 1.54) is 0 Å². The molecule has 0 unspecified atom stereocenters. The minimum absolute atomic E-state index is 0.177. The summed E-state index contributed by atoms with van der Waals surface area (Å²) in [4.78, 5) is 12.0. The first-order valence-corrected chi connectivity index (χ1v) is 20.5. The first-order valence-electron chi connectivity index (χ1n) is 19.1. The third kappa shape index (κ3) is 19.4. The zero-order valence-corrected chi connectivity index (χ0v) is 31.7. The molecule has 0 saturated carbocycles. The van der Waals surface area contributed by atoms with E-state index in [1.807, 2.05) is 109 Å². The minimum atomic E-state index is -4.23. The molecule has 10 nitrogen and oxygen atoms in total. The Labute approximate surface area is 315 Å². The Hall–Kier alpha value is -4.21. The molecule has 0 bridgehead atoms. The van der Waals surface area contributed by atoms with Gasteiger partial charge in [-0.1, -0.05) is 101 Å². The van der Waals surface area contributed by atoms with Crippen molar-refractivity contribution in [2.75, 3.05) is 26.4 Å². The fourth-order valence-electron chi connectivity index (χ4n) is 5.38. The maximum Gasteiger partial charge on any atom is 0.267 e. The first kappa shape index (κ1) is 41.5. The van der Waals surface area contributed by atoms with Crippen LogP contribution < -0.4 is 14.4 Å². The van der Waals surface area contributed by atoms with E-state index in [0.29, 0.717) is 26.1 Å². The number of azo groups is 2. The van der Waals surface area contributed by atoms with Crippen LogP contribution in [-0.2, 0) is 13.6 Å². The van der Waals surface area contributed by atoms with Crippen molar-refractivity contribution in [1.82, 2.24) is 0 Å². The fraction of sp³-hybridized carbons (Fsp3) is 0.429. The summed E-state index contributed by atoms with van der Waals surface area (Å²) in [5.74, 6) is 1.66. The Balaban J connectivity index is 0.876. The number of phosphoric acid groups is 1. The van der Waals surface area contributed by atoms with E-state index in [9.17, 15) is 9.46 Å². The van der Waals surface area contributed by atoms with Crippen LogP contribution in [0.25, 0.3) is 0 Å². The molecule has 0 heterocycles. The van der Waals surface area contributed by atoms with E-state index >= 15 is 0 Å². The number of hydrogen-bond acceptors (Lipinski definition) is 10. The van der Waals surface area contributed by atoms with Crippen LogP contribution in [0, 0.1) is 0 Å². The normalized spacial score (nSPS) is 12.7. The number of nitrogens with zero attached hydrogens (tertiary/aromatic N) is 4. The zero-order valence-electron chi connectivity index (χ0n) is 30.8. The van der Waals surface area contributed by atoms with E-state index < -0.39 is 7.82 Å². The predicted molar refractivity (Wildman–Crippen MR) is 209 cm³/mol. The molecule has 4 aromatic rings. The molecule has 0 spiro atoms. The van der Waals surface area contributed by atoms with Crippen molar-refractivity contribution in [3.8, 4) is 11.5 Å². The second kappa shape index (κ2) is 25.7. The lowest BCUT2D eigenvalue weighted by Crippen LogP contribution is -2.10. The van der Waals surface area contributed by atoms with Crippen molar-refractivity contribution < 1.29 is 28.0 Å². The highest BCUT2D eigenvalue weighted by molar-refractivity contribution is 7.45. The number of unbranched alkanes of at least 4 members (excludes halogenated alkanes) is 12. The highest BCUT2D eigenvalue weighted by atomic mass is 31.2. The van der Waals surface area contributed by atoms with Gasteiger partial charge >= 0.3 is 0 Å². The van der Waals surface area contributed by atoms with Crippen molar-refractivity contribution in [2.45, 2.75) is 89.9 Å². The van der Waals surface area contributed by atoms with E-state index in [1.54, 1.807) is 0 Å². The van der Waals surface area contributed by atoms with Gasteiger partial charge in [-0.05, 0) is 98.5 Å². The van der Waals surface area contributed by atoms with Gasteiger partial charge in [0.2, 0.25) is 0 Å². The molecule has 0 atom stereocenters. The maximum absolute atomic E-state index is 12.0. The third-order valence-corrected chi connectivity index (χ3v) is 9.36. The van der Waals surface area contributed by atoms with Crippen LogP contribution in [0.1, 0.15) is 89.9 Å². The lowest BCUT2D eigenvalue weighted by Gasteiger charge is -2.22. The van der Waals surface area contributed by atoms with Gasteiger partial charge in [0.15, 0.2) is 0 Å². The van der Waals surface area contributed by atoms with Crippen molar-refractivity contribution in [3.05, 3.63) is 109 Å². The smallest absolute Gasteiger partial charge is 0.267 e. The summed E-state index contributed by atoms with van der Waals surface area (Å²) in [5.41, 5.74) is 3.21. The second-order valence-corrected chi connectivity index (χ2v) is 14.2. The molecule has 53 heavy (non-hydrogen) atoms. The Kier molecular flexibility index (Phi) is 20.2. The number of ether oxygens (including phenoxy) is 2. The SMILES string of the molecule is O=P([O-])(OCCCCCCCCCOc1ccc(N=Nc2ccccc2)cc1)OCCCCCCCCCOc1ccc(N=Nc2ccccc2)cc1. The number of hydrogen-bond donors (Lipinski definition) is 0. The molecule has 0 N–H and O–H groups in total. The average molecular weight is 742 g/mol. The molecular weight excluding hydrogens is 687 g/mol. The number of benzene rings is 4. The van der Waals surface area contributed by atoms with Crippen LogP contribution in [-0.4, -0.2) is 26.4 Å². The summed E-state index contributed by atoms with van der Waals surface area (Å²) in [5, 5.41) is 17.0. The standard InChI is InChI=1S/C42H55N4O6P/c47-53(48,51-35-19-9-5-1-3-7-17-33-49-41-29-25-39(26-30-41)45-43-37-21-13-11-14-22-37)52-36-20-10-6-2-4-8-18-34-50-42-31-27-40(28-32-42)46-44-38-23-15-12-16-24-38/h11-16,21-32H,1-10,17-20,33-36H2,(H,47,48)/p-1. The second-order valence-electron chi connectivity index (χ2n) is 12.8. The third-order valence-electron chi connectivity index (χ3n) is 8.36. The van der Waals surface area contributed by atoms with Crippen LogP contribution in [0.5, 0.6) is 11.5 Å². The van der Waals surface area contributed by atoms with E-state index in [-0.39, 0.29) is 13.2 Å². The summed E-state index contributed by atoms with van der Waals surface area (Å²) >= 11 is 0. The lowest BCUT2D eigenvalue weighted by molar-refractivity contribution is -0.225. The summed E-state index contributed by atoms with van der Waals surface area (Å²) < 4.78 is 33.8. The molecule has 11 heteroatoms. The van der Waals surface area contributed by atoms with Crippen LogP contribution in [0.15, 0.2) is 130 Å². The van der Waals surface area contributed by atoms with Gasteiger partial charge in [-0.25, -0.2) is 0 Å². The molecule has 284 valence electrons. The van der Waals surface area contributed by atoms with E-state index in [2.05, 4.69) is 20.5 Å². The molecule has 0 amide bonds. The first-order chi connectivity index (χ1) is 26.1. The van der Waals surface area contributed by atoms with Crippen LogP contribution in [0.4, 0.5) is 22.7 Å². The summed E-state index contributed by atoms with van der Waals surface area (Å²) in [6.45, 7) is 1.71. The van der Waals surface area contributed by atoms with Crippen molar-refractivity contribution in [1.29, 1.82) is 0 Å². The molecular formula is C42H54N4O6P-. The Morgan fingerprint density at radius 2 is 0.660 bits per heavy atom. The molecule has 0 aliphatic carbocycles. The largest absolute Gasteiger partial charge is 0.756 e. The fourth-order valence-corrected chi connectivity index (χ4v) is 6.16. The monoisotopic (exact) mass is 741 g/mol. The lowest BCUT2D eigenvalue weighted by atomic mass is 10.1. The molecule has 0 radical (unpaired) electrons. The van der Waals surface area contributed by atoms with Gasteiger partial charge in [-0.2, -0.15) is 20.5 Å². The van der Waals surface area contributed by atoms with Gasteiger partial charge in [0.1, 0.15) is 11.5 Å². The van der Waals surface area contributed by atoms with Gasteiger partial charge in [-0.15, -0.1) is 0 Å². The van der Waals surface area contributed by atoms with Gasteiger partial charge in [0.05, 0.1) is 49.2 Å². The van der Waals surface area contributed by atoms with Crippen LogP contribution >= 0.6 is 7.82 Å². The molecule has 0 aliphatic heterocycles. The average Bonchev–Trinajstić information content (AvgIpc) is 3.19. The Bertz CT molecular complexity index is 1500. The van der Waals surface area contributed by atoms with Gasteiger partial charge < -0.3 is 23.4 Å². The van der Waals surface area contributed by atoms with Gasteiger partial charge in [-0.3, -0.25) is 4.57 Å². The van der Waals surface area contributed by atoms with Crippen molar-refractivity contribution in [2.24, 2.45) is 20.5 Å². The Morgan fingerprint density at radius 1 is 0.377 bits per heavy atom. The number of rotatable bonds is 28. The highest BCUT2D eigenvalue weighted by Gasteiger charge is 2.08. The maximum atomic E-state index is 12.0. The molecule has 4 rings (SSSR count). The van der Waals surface area contributed by atoms with E-state index in [0.717, 1.165) is 111 Å². The molecule has 0 fully saturated rings. The van der Waals surface area contributed by atoms with Crippen molar-refractivity contribution in [3.63, 3.8) is 0 Å². The van der Waals surface area contributed by atoms with E-state index in [4.69, 9.17) is 18.5 Å².